The minimum atomic E-state index is -0.205. The van der Waals surface area contributed by atoms with Gasteiger partial charge in [-0.25, -0.2) is 0 Å². The summed E-state index contributed by atoms with van der Waals surface area (Å²) in [4.78, 5) is 12.3. The molecule has 0 amide bonds. The highest BCUT2D eigenvalue weighted by Crippen LogP contribution is 2.25. The third-order valence-corrected chi connectivity index (χ3v) is 4.02. The zero-order chi connectivity index (χ0) is 17.1. The maximum Gasteiger partial charge on any atom is 0.221 e. The number of ether oxygens (including phenoxy) is 2. The van der Waals surface area contributed by atoms with Gasteiger partial charge in [0, 0.05) is 15.9 Å². The zero-order valence-corrected chi connectivity index (χ0v) is 14.8. The molecule has 0 saturated heterocycles. The molecule has 0 spiro atoms. The molecule has 0 saturated carbocycles. The van der Waals surface area contributed by atoms with Gasteiger partial charge in [-0.05, 0) is 48.0 Å². The Hall–Kier alpha value is -2.53. The summed E-state index contributed by atoms with van der Waals surface area (Å²) in [5.41, 5.74) is 1.48. The minimum Gasteiger partial charge on any atom is -0.497 e. The highest BCUT2D eigenvalue weighted by atomic mass is 79.9. The first kappa shape index (κ1) is 16.3. The Morgan fingerprint density at radius 2 is 1.75 bits per heavy atom. The third kappa shape index (κ3) is 3.51. The molecule has 24 heavy (non-hydrogen) atoms. The van der Waals surface area contributed by atoms with Crippen LogP contribution < -0.4 is 9.47 Å². The number of benzene rings is 2. The molecule has 1 aromatic heterocycles. The van der Waals surface area contributed by atoms with E-state index in [1.54, 1.807) is 32.4 Å². The average molecular weight is 387 g/mol. The summed E-state index contributed by atoms with van der Waals surface area (Å²) in [6.45, 7) is 0. The monoisotopic (exact) mass is 386 g/mol. The summed E-state index contributed by atoms with van der Waals surface area (Å²) < 4.78 is 17.0. The lowest BCUT2D eigenvalue weighted by atomic mass is 10.1. The van der Waals surface area contributed by atoms with Crippen molar-refractivity contribution in [3.8, 4) is 11.5 Å². The van der Waals surface area contributed by atoms with Crippen LogP contribution in [-0.4, -0.2) is 20.0 Å². The number of allylic oxidation sites excluding steroid dienone is 1. The Morgan fingerprint density at radius 1 is 1.04 bits per heavy atom. The van der Waals surface area contributed by atoms with Crippen molar-refractivity contribution >= 4 is 38.8 Å². The fraction of sp³-hybridized carbons (Fsp3) is 0.105. The molecule has 4 nitrogen and oxygen atoms in total. The second-order valence-corrected chi connectivity index (χ2v) is 6.05. The van der Waals surface area contributed by atoms with Gasteiger partial charge in [0.25, 0.3) is 0 Å². The van der Waals surface area contributed by atoms with Gasteiger partial charge in [-0.15, -0.1) is 0 Å². The molecular formula is C19H15BrO4. The molecule has 0 atom stereocenters. The molecule has 2 aromatic carbocycles. The molecule has 3 rings (SSSR count). The summed E-state index contributed by atoms with van der Waals surface area (Å²) in [5.74, 6) is 1.42. The maximum absolute atomic E-state index is 12.3. The average Bonchev–Trinajstić information content (AvgIpc) is 3.02. The van der Waals surface area contributed by atoms with Crippen LogP contribution in [0.25, 0.3) is 17.0 Å². The van der Waals surface area contributed by atoms with Gasteiger partial charge in [0.2, 0.25) is 5.78 Å². The first-order chi connectivity index (χ1) is 11.6. The molecule has 0 bridgehead atoms. The molecule has 0 unspecified atom stereocenters. The highest BCUT2D eigenvalue weighted by Gasteiger charge is 2.10. The Kier molecular flexibility index (Phi) is 4.71. The van der Waals surface area contributed by atoms with Crippen LogP contribution in [0.4, 0.5) is 0 Å². The van der Waals surface area contributed by atoms with Crippen LogP contribution in [0.2, 0.25) is 0 Å². The van der Waals surface area contributed by atoms with E-state index in [1.165, 1.54) is 6.08 Å². The Balaban J connectivity index is 1.86. The predicted molar refractivity (Wildman–Crippen MR) is 96.8 cm³/mol. The van der Waals surface area contributed by atoms with Crippen molar-refractivity contribution in [1.82, 2.24) is 0 Å². The van der Waals surface area contributed by atoms with Crippen molar-refractivity contribution in [3.63, 3.8) is 0 Å². The van der Waals surface area contributed by atoms with Crippen LogP contribution in [-0.2, 0) is 0 Å². The van der Waals surface area contributed by atoms with Crippen LogP contribution in [0.15, 0.2) is 57.4 Å². The summed E-state index contributed by atoms with van der Waals surface area (Å²) in [6.07, 6.45) is 3.18. The summed E-state index contributed by atoms with van der Waals surface area (Å²) >= 11 is 3.40. The Labute approximate surface area is 147 Å². The number of ketones is 1. The van der Waals surface area contributed by atoms with E-state index in [0.717, 1.165) is 15.4 Å². The normalized spacial score (nSPS) is 11.1. The maximum atomic E-state index is 12.3. The third-order valence-electron chi connectivity index (χ3n) is 3.52. The first-order valence-electron chi connectivity index (χ1n) is 7.23. The minimum absolute atomic E-state index is 0.205. The summed E-state index contributed by atoms with van der Waals surface area (Å²) in [5, 5.41) is 0.879. The number of hydrogen-bond acceptors (Lipinski definition) is 4. The lowest BCUT2D eigenvalue weighted by Gasteiger charge is -2.05. The van der Waals surface area contributed by atoms with Gasteiger partial charge in [0.1, 0.15) is 17.1 Å². The van der Waals surface area contributed by atoms with Crippen molar-refractivity contribution in [1.29, 1.82) is 0 Å². The van der Waals surface area contributed by atoms with E-state index in [4.69, 9.17) is 13.9 Å². The lowest BCUT2D eigenvalue weighted by Crippen LogP contribution is -1.91. The zero-order valence-electron chi connectivity index (χ0n) is 13.2. The molecule has 0 aliphatic heterocycles. The van der Waals surface area contributed by atoms with E-state index < -0.39 is 0 Å². The topological polar surface area (TPSA) is 48.7 Å². The molecular weight excluding hydrogens is 372 g/mol. The van der Waals surface area contributed by atoms with Gasteiger partial charge < -0.3 is 13.9 Å². The van der Waals surface area contributed by atoms with Crippen LogP contribution in [0.3, 0.4) is 0 Å². The number of fused-ring (bicyclic) bond motifs is 1. The fourth-order valence-corrected chi connectivity index (χ4v) is 2.69. The number of rotatable bonds is 5. The Bertz CT molecular complexity index is 902. The number of carbonyl (C=O) groups is 1. The quantitative estimate of drug-likeness (QED) is 0.451. The molecule has 122 valence electrons. The van der Waals surface area contributed by atoms with Crippen LogP contribution >= 0.6 is 15.9 Å². The van der Waals surface area contributed by atoms with E-state index in [1.807, 2.05) is 30.3 Å². The molecule has 0 fully saturated rings. The standard InChI is InChI=1S/C19H15BrO4/c1-22-15-7-12(8-16(11-15)23-2)3-5-17(21)19-10-13-9-14(20)4-6-18(13)24-19/h3-11H,1-2H3/b5-3+. The number of hydrogen-bond donors (Lipinski definition) is 0. The highest BCUT2D eigenvalue weighted by molar-refractivity contribution is 9.10. The Morgan fingerprint density at radius 3 is 2.42 bits per heavy atom. The summed E-state index contributed by atoms with van der Waals surface area (Å²) in [7, 11) is 3.17. The van der Waals surface area contributed by atoms with Crippen LogP contribution in [0.5, 0.6) is 11.5 Å². The van der Waals surface area contributed by atoms with Crippen molar-refractivity contribution < 1.29 is 18.7 Å². The number of methoxy groups -OCH3 is 2. The number of furan rings is 1. The van der Waals surface area contributed by atoms with E-state index >= 15 is 0 Å². The van der Waals surface area contributed by atoms with E-state index in [9.17, 15) is 4.79 Å². The molecule has 3 aromatic rings. The van der Waals surface area contributed by atoms with Crippen LogP contribution in [0.1, 0.15) is 16.1 Å². The number of halogens is 1. The van der Waals surface area contributed by atoms with Gasteiger partial charge in [0.05, 0.1) is 14.2 Å². The van der Waals surface area contributed by atoms with Gasteiger partial charge in [-0.2, -0.15) is 0 Å². The second-order valence-electron chi connectivity index (χ2n) is 5.14. The SMILES string of the molecule is COc1cc(/C=C/C(=O)c2cc3cc(Br)ccc3o2)cc(OC)c1. The van der Waals surface area contributed by atoms with E-state index in [0.29, 0.717) is 22.8 Å². The van der Waals surface area contributed by atoms with Crippen molar-refractivity contribution in [3.05, 3.63) is 64.3 Å². The van der Waals surface area contributed by atoms with Gasteiger partial charge >= 0.3 is 0 Å². The largest absolute Gasteiger partial charge is 0.497 e. The molecule has 0 N–H and O–H groups in total. The lowest BCUT2D eigenvalue weighted by molar-refractivity contribution is 0.102. The second kappa shape index (κ2) is 6.93. The fourth-order valence-electron chi connectivity index (χ4n) is 2.32. The predicted octanol–water partition coefficient (Wildman–Crippen LogP) is 5.11. The molecule has 0 radical (unpaired) electrons. The molecule has 1 heterocycles. The van der Waals surface area contributed by atoms with Gasteiger partial charge in [-0.1, -0.05) is 22.0 Å². The molecule has 0 aliphatic carbocycles. The van der Waals surface area contributed by atoms with E-state index in [2.05, 4.69) is 15.9 Å². The smallest absolute Gasteiger partial charge is 0.221 e. The molecule has 0 aliphatic rings. The van der Waals surface area contributed by atoms with Crippen molar-refractivity contribution in [2.24, 2.45) is 0 Å². The number of carbonyl (C=O) groups excluding carboxylic acids is 1. The van der Waals surface area contributed by atoms with Gasteiger partial charge in [0.15, 0.2) is 5.76 Å². The summed E-state index contributed by atoms with van der Waals surface area (Å²) in [6, 6.07) is 12.8. The van der Waals surface area contributed by atoms with Crippen molar-refractivity contribution in [2.45, 2.75) is 0 Å². The van der Waals surface area contributed by atoms with Gasteiger partial charge in [-0.3, -0.25) is 4.79 Å². The van der Waals surface area contributed by atoms with Crippen molar-refractivity contribution in [2.75, 3.05) is 14.2 Å². The molecule has 5 heteroatoms. The first-order valence-corrected chi connectivity index (χ1v) is 8.03. The van der Waals surface area contributed by atoms with E-state index in [-0.39, 0.29) is 5.78 Å². The van der Waals surface area contributed by atoms with Crippen LogP contribution in [0, 0.1) is 0 Å².